The van der Waals surface area contributed by atoms with Crippen molar-refractivity contribution in [2.24, 2.45) is 0 Å². The maximum Gasteiger partial charge on any atom is 0.255 e. The Labute approximate surface area is 221 Å². The molecule has 10 heteroatoms. The molecule has 7 N–H and O–H groups in total. The number of hydrogen-bond donors (Lipinski definition) is 7. The molecule has 1 unspecified atom stereocenters. The van der Waals surface area contributed by atoms with Gasteiger partial charge in [0.25, 0.3) is 5.91 Å². The van der Waals surface area contributed by atoms with Crippen LogP contribution in [0, 0.1) is 17.7 Å². The summed E-state index contributed by atoms with van der Waals surface area (Å²) in [5.74, 6) is 0.267. The van der Waals surface area contributed by atoms with Gasteiger partial charge in [0.2, 0.25) is 0 Å². The molecule has 1 aliphatic heterocycles. The lowest BCUT2D eigenvalue weighted by Gasteiger charge is -2.18. The minimum atomic E-state index is -0.710. The zero-order valence-electron chi connectivity index (χ0n) is 20.6. The summed E-state index contributed by atoms with van der Waals surface area (Å²) in [5.41, 5.74) is 3.54. The van der Waals surface area contributed by atoms with Crippen LogP contribution in [0.2, 0.25) is 5.02 Å². The van der Waals surface area contributed by atoms with Crippen LogP contribution in [0.3, 0.4) is 0 Å². The molecule has 0 radical (unpaired) electrons. The van der Waals surface area contributed by atoms with E-state index in [2.05, 4.69) is 26.3 Å². The third-order valence-corrected chi connectivity index (χ3v) is 5.44. The number of carbonyl (C=O) groups is 1. The van der Waals surface area contributed by atoms with Crippen LogP contribution in [-0.4, -0.2) is 40.7 Å². The molecule has 9 nitrogen and oxygen atoms in total. The van der Waals surface area contributed by atoms with Crippen molar-refractivity contribution in [2.45, 2.75) is 26.5 Å². The number of benzene rings is 1. The van der Waals surface area contributed by atoms with Crippen LogP contribution in [0.1, 0.15) is 18.2 Å². The molecule has 37 heavy (non-hydrogen) atoms. The van der Waals surface area contributed by atoms with Crippen molar-refractivity contribution in [1.29, 1.82) is 10.8 Å². The van der Waals surface area contributed by atoms with E-state index in [1.54, 1.807) is 43.5 Å². The molecular weight excluding hydrogens is 490 g/mol. The largest absolute Gasteiger partial charge is 0.392 e. The van der Waals surface area contributed by atoms with Crippen LogP contribution in [-0.2, 0) is 11.3 Å². The van der Waals surface area contributed by atoms with Crippen molar-refractivity contribution in [3.63, 3.8) is 0 Å². The van der Waals surface area contributed by atoms with Crippen molar-refractivity contribution >= 4 is 35.4 Å². The highest BCUT2D eigenvalue weighted by Crippen LogP contribution is 2.21. The van der Waals surface area contributed by atoms with Gasteiger partial charge in [-0.25, -0.2) is 4.98 Å². The topological polar surface area (TPSA) is 146 Å². The van der Waals surface area contributed by atoms with Crippen molar-refractivity contribution in [3.8, 4) is 0 Å². The van der Waals surface area contributed by atoms with E-state index in [0.717, 1.165) is 17.5 Å². The third-order valence-electron chi connectivity index (χ3n) is 5.19. The molecule has 0 saturated carbocycles. The number of anilines is 1. The van der Waals surface area contributed by atoms with Gasteiger partial charge in [-0.05, 0) is 55.8 Å². The van der Waals surface area contributed by atoms with E-state index in [4.69, 9.17) is 22.4 Å². The third kappa shape index (κ3) is 8.45. The average Bonchev–Trinajstić information content (AvgIpc) is 2.87. The first kappa shape index (κ1) is 27.4. The molecule has 1 atom stereocenters. The Hall–Kier alpha value is -4.21. The van der Waals surface area contributed by atoms with Gasteiger partial charge in [0.05, 0.1) is 23.1 Å². The Bertz CT molecular complexity index is 1280. The van der Waals surface area contributed by atoms with Crippen molar-refractivity contribution in [2.75, 3.05) is 11.9 Å². The number of aromatic nitrogens is 1. The first-order valence-electron chi connectivity index (χ1n) is 11.6. The number of amidine groups is 1. The number of pyridine rings is 1. The number of hydrogen-bond acceptors (Lipinski definition) is 7. The number of aliphatic hydroxyl groups is 1. The summed E-state index contributed by atoms with van der Waals surface area (Å²) >= 11 is 5.95. The molecule has 2 heterocycles. The summed E-state index contributed by atoms with van der Waals surface area (Å²) < 4.78 is 0. The number of aliphatic hydroxyl groups excluding tert-OH is 1. The summed E-state index contributed by atoms with van der Waals surface area (Å²) in [6, 6.07) is 13.0. The molecule has 0 saturated heterocycles. The molecule has 0 spiro atoms. The van der Waals surface area contributed by atoms with Crippen LogP contribution in [0.4, 0.5) is 5.82 Å². The summed E-state index contributed by atoms with van der Waals surface area (Å²) in [6.45, 7) is 3.95. The van der Waals surface area contributed by atoms with Crippen LogP contribution in [0.5, 0.6) is 0 Å². The quantitative estimate of drug-likeness (QED) is 0.145. The van der Waals surface area contributed by atoms with Crippen molar-refractivity contribution in [1.82, 2.24) is 20.9 Å². The van der Waals surface area contributed by atoms with E-state index >= 15 is 0 Å². The van der Waals surface area contributed by atoms with Gasteiger partial charge in [0.1, 0.15) is 11.7 Å². The molecular formula is C27H30ClN7O2. The molecule has 0 fully saturated rings. The van der Waals surface area contributed by atoms with E-state index in [1.165, 1.54) is 0 Å². The fourth-order valence-electron chi connectivity index (χ4n) is 3.33. The number of nitrogens with one attached hydrogen (secondary N) is 6. The van der Waals surface area contributed by atoms with Gasteiger partial charge in [-0.3, -0.25) is 10.2 Å². The van der Waals surface area contributed by atoms with Gasteiger partial charge in [-0.1, -0.05) is 29.8 Å². The lowest BCUT2D eigenvalue weighted by molar-refractivity contribution is -0.117. The fraction of sp³-hybridized carbons (Fsp3) is 0.185. The predicted molar refractivity (Wildman–Crippen MR) is 148 cm³/mol. The molecule has 1 aromatic carbocycles. The number of amides is 1. The molecule has 1 aromatic heterocycles. The SMILES string of the molecule is Cc1cccc(N/C(=C\C(=N)NCc2ccc(Cl)cc2)C2=C/C(=C(/C=N)C(=O)NCC(C)O)NC=C2)n1. The second-order valence-corrected chi connectivity index (χ2v) is 8.79. The summed E-state index contributed by atoms with van der Waals surface area (Å²) in [7, 11) is 0. The molecule has 0 bridgehead atoms. The van der Waals surface area contributed by atoms with E-state index in [1.807, 2.05) is 37.3 Å². The van der Waals surface area contributed by atoms with Gasteiger partial charge in [0, 0.05) is 47.9 Å². The maximum atomic E-state index is 12.6. The Morgan fingerprint density at radius 2 is 1.97 bits per heavy atom. The Morgan fingerprint density at radius 3 is 2.65 bits per heavy atom. The Balaban J connectivity index is 1.91. The maximum absolute atomic E-state index is 12.6. The van der Waals surface area contributed by atoms with E-state index < -0.39 is 12.0 Å². The predicted octanol–water partition coefficient (Wildman–Crippen LogP) is 3.55. The monoisotopic (exact) mass is 519 g/mol. The van der Waals surface area contributed by atoms with Gasteiger partial charge >= 0.3 is 0 Å². The van der Waals surface area contributed by atoms with Gasteiger partial charge in [-0.2, -0.15) is 0 Å². The number of nitrogens with zero attached hydrogens (tertiary/aromatic N) is 1. The van der Waals surface area contributed by atoms with E-state index in [0.29, 0.717) is 34.4 Å². The number of rotatable bonds is 10. The van der Waals surface area contributed by atoms with Crippen molar-refractivity contribution in [3.05, 3.63) is 106 Å². The minimum absolute atomic E-state index is 0.0675. The molecule has 1 amide bonds. The summed E-state index contributed by atoms with van der Waals surface area (Å²) in [6.07, 6.45) is 7.04. The normalized spacial score (nSPS) is 15.1. The van der Waals surface area contributed by atoms with Gasteiger partial charge in [0.15, 0.2) is 0 Å². The van der Waals surface area contributed by atoms with E-state index in [-0.39, 0.29) is 18.0 Å². The molecule has 0 aliphatic carbocycles. The smallest absolute Gasteiger partial charge is 0.255 e. The standard InChI is InChI=1S/C27H30ClN7O2/c1-17-4-3-5-26(34-17)35-23(13-25(30)32-16-19-6-8-21(28)9-7-19)20-10-11-31-24(12-20)22(14-29)27(37)33-15-18(2)36/h3-14,18,29,31,36H,15-16H2,1-2H3,(H2,30,32)(H,33,37)(H,34,35)/b23-13-,24-22+,29-14?. The Kier molecular flexibility index (Phi) is 9.76. The number of dihydropyridines is 1. The first-order chi connectivity index (χ1) is 17.7. The number of allylic oxidation sites excluding steroid dienone is 2. The number of aryl methyl sites for hydroxylation is 1. The number of carbonyl (C=O) groups excluding carboxylic acids is 1. The van der Waals surface area contributed by atoms with Crippen molar-refractivity contribution < 1.29 is 9.90 Å². The van der Waals surface area contributed by atoms with Gasteiger partial charge < -0.3 is 31.8 Å². The van der Waals surface area contributed by atoms with Gasteiger partial charge in [-0.15, -0.1) is 0 Å². The zero-order valence-corrected chi connectivity index (χ0v) is 21.4. The fourth-order valence-corrected chi connectivity index (χ4v) is 3.45. The highest BCUT2D eigenvalue weighted by molar-refractivity contribution is 6.30. The summed E-state index contributed by atoms with van der Waals surface area (Å²) in [5, 5.41) is 38.3. The van der Waals surface area contributed by atoms with E-state index in [9.17, 15) is 9.90 Å². The molecule has 2 aromatic rings. The highest BCUT2D eigenvalue weighted by Gasteiger charge is 2.16. The molecule has 1 aliphatic rings. The summed E-state index contributed by atoms with van der Waals surface area (Å²) in [4.78, 5) is 17.1. The first-order valence-corrected chi connectivity index (χ1v) is 12.0. The highest BCUT2D eigenvalue weighted by atomic mass is 35.5. The Morgan fingerprint density at radius 1 is 1.22 bits per heavy atom. The second-order valence-electron chi connectivity index (χ2n) is 8.35. The number of halogens is 1. The molecule has 192 valence electrons. The van der Waals surface area contributed by atoms with Crippen LogP contribution < -0.4 is 21.3 Å². The minimum Gasteiger partial charge on any atom is -0.392 e. The van der Waals surface area contributed by atoms with Crippen LogP contribution in [0.25, 0.3) is 0 Å². The second kappa shape index (κ2) is 13.2. The molecule has 3 rings (SSSR count). The zero-order chi connectivity index (χ0) is 26.8. The van der Waals surface area contributed by atoms with Crippen LogP contribution in [0.15, 0.2) is 89.4 Å². The van der Waals surface area contributed by atoms with Crippen LogP contribution >= 0.6 is 11.6 Å². The average molecular weight is 520 g/mol. The lowest BCUT2D eigenvalue weighted by atomic mass is 10.0. The lowest BCUT2D eigenvalue weighted by Crippen LogP contribution is -2.33.